The highest BCUT2D eigenvalue weighted by Gasteiger charge is 2.18. The lowest BCUT2D eigenvalue weighted by Gasteiger charge is -2.20. The molecular weight excluding hydrogens is 731 g/mol. The number of carbonyl (C=O) groups excluding carboxylic acids is 2. The lowest BCUT2D eigenvalue weighted by atomic mass is 10.0. The van der Waals surface area contributed by atoms with Crippen LogP contribution in [0.3, 0.4) is 0 Å². The number of carbonyl (C=O) groups is 2. The van der Waals surface area contributed by atoms with E-state index in [0.29, 0.717) is 19.4 Å². The SMILES string of the molecule is CCCC/C=C\CCCCCCCC(=O)OCCCCCCCCCCCCCCCCC(=O)NC(CO)C(O)/C=C/CCCCCCCCCCCCCCCCC. The molecule has 0 aliphatic carbocycles. The third kappa shape index (κ3) is 45.7. The fourth-order valence-electron chi connectivity index (χ4n) is 7.91. The maximum atomic E-state index is 12.4. The Morgan fingerprint density at radius 3 is 1.25 bits per heavy atom. The molecule has 0 spiro atoms. The number of hydrogen-bond acceptors (Lipinski definition) is 5. The second kappa shape index (κ2) is 49.0. The summed E-state index contributed by atoms with van der Waals surface area (Å²) in [4.78, 5) is 24.4. The number of esters is 1. The molecule has 348 valence electrons. The zero-order valence-corrected chi connectivity index (χ0v) is 39.5. The molecule has 0 saturated carbocycles. The summed E-state index contributed by atoms with van der Waals surface area (Å²) in [5.74, 6) is -0.0925. The van der Waals surface area contributed by atoms with Crippen LogP contribution in [0.4, 0.5) is 0 Å². The van der Waals surface area contributed by atoms with E-state index >= 15 is 0 Å². The van der Waals surface area contributed by atoms with Gasteiger partial charge in [0.15, 0.2) is 0 Å². The quantitative estimate of drug-likeness (QED) is 0.0322. The molecule has 0 aromatic heterocycles. The van der Waals surface area contributed by atoms with Crippen LogP contribution < -0.4 is 5.32 Å². The van der Waals surface area contributed by atoms with Gasteiger partial charge in [-0.05, 0) is 51.4 Å². The predicted octanol–water partition coefficient (Wildman–Crippen LogP) is 15.5. The summed E-state index contributed by atoms with van der Waals surface area (Å²) in [6.45, 7) is 4.84. The van der Waals surface area contributed by atoms with Gasteiger partial charge in [-0.3, -0.25) is 9.59 Å². The second-order valence-corrected chi connectivity index (χ2v) is 17.9. The molecule has 2 unspecified atom stereocenters. The number of amides is 1. The van der Waals surface area contributed by atoms with Crippen molar-refractivity contribution >= 4 is 11.9 Å². The van der Waals surface area contributed by atoms with Gasteiger partial charge in [-0.15, -0.1) is 0 Å². The Morgan fingerprint density at radius 2 is 0.814 bits per heavy atom. The molecular formula is C53H101NO5. The van der Waals surface area contributed by atoms with Gasteiger partial charge in [0.05, 0.1) is 25.4 Å². The van der Waals surface area contributed by atoms with E-state index in [1.165, 1.54) is 193 Å². The van der Waals surface area contributed by atoms with Crippen LogP contribution in [0.15, 0.2) is 24.3 Å². The van der Waals surface area contributed by atoms with E-state index in [-0.39, 0.29) is 18.5 Å². The molecule has 0 heterocycles. The topological polar surface area (TPSA) is 95.9 Å². The summed E-state index contributed by atoms with van der Waals surface area (Å²) in [6, 6.07) is -0.635. The fraction of sp³-hybridized carbons (Fsp3) is 0.887. The smallest absolute Gasteiger partial charge is 0.305 e. The minimum atomic E-state index is -0.851. The molecule has 59 heavy (non-hydrogen) atoms. The summed E-state index contributed by atoms with van der Waals surface area (Å²) in [5.41, 5.74) is 0. The lowest BCUT2D eigenvalue weighted by molar-refractivity contribution is -0.143. The average Bonchev–Trinajstić information content (AvgIpc) is 3.24. The summed E-state index contributed by atoms with van der Waals surface area (Å²) in [5, 5.41) is 23.1. The van der Waals surface area contributed by atoms with Gasteiger partial charge in [0, 0.05) is 12.8 Å². The van der Waals surface area contributed by atoms with Crippen LogP contribution in [-0.2, 0) is 14.3 Å². The number of nitrogens with one attached hydrogen (secondary N) is 1. The Bertz CT molecular complexity index is 920. The van der Waals surface area contributed by atoms with Crippen molar-refractivity contribution in [3.8, 4) is 0 Å². The number of aliphatic hydroxyl groups excluding tert-OH is 2. The van der Waals surface area contributed by atoms with Crippen LogP contribution in [0.2, 0.25) is 0 Å². The minimum absolute atomic E-state index is 0.0146. The van der Waals surface area contributed by atoms with Crippen molar-refractivity contribution in [2.75, 3.05) is 13.2 Å². The van der Waals surface area contributed by atoms with Crippen LogP contribution >= 0.6 is 0 Å². The Balaban J connectivity index is 3.49. The van der Waals surface area contributed by atoms with Crippen molar-refractivity contribution in [1.29, 1.82) is 0 Å². The molecule has 0 aromatic carbocycles. The van der Waals surface area contributed by atoms with Gasteiger partial charge in [0.1, 0.15) is 0 Å². The molecule has 6 nitrogen and oxygen atoms in total. The number of hydrogen-bond donors (Lipinski definition) is 3. The Labute approximate surface area is 367 Å². The van der Waals surface area contributed by atoms with Crippen molar-refractivity contribution in [3.05, 3.63) is 24.3 Å². The van der Waals surface area contributed by atoms with Crippen molar-refractivity contribution in [2.24, 2.45) is 0 Å². The molecule has 0 saturated heterocycles. The van der Waals surface area contributed by atoms with E-state index in [1.54, 1.807) is 6.08 Å². The first-order valence-corrected chi connectivity index (χ1v) is 26.1. The summed E-state index contributed by atoms with van der Waals surface area (Å²) in [6.07, 6.45) is 57.4. The second-order valence-electron chi connectivity index (χ2n) is 17.9. The Hall–Kier alpha value is -1.66. The maximum absolute atomic E-state index is 12.4. The highest BCUT2D eigenvalue weighted by atomic mass is 16.5. The molecule has 0 bridgehead atoms. The maximum Gasteiger partial charge on any atom is 0.305 e. The van der Waals surface area contributed by atoms with Crippen molar-refractivity contribution in [1.82, 2.24) is 5.32 Å². The zero-order chi connectivity index (χ0) is 43.0. The van der Waals surface area contributed by atoms with Gasteiger partial charge in [-0.1, -0.05) is 237 Å². The van der Waals surface area contributed by atoms with Gasteiger partial charge < -0.3 is 20.3 Å². The standard InChI is InChI=1S/C53H101NO5/c1-3-5-7-9-11-13-15-16-17-18-19-22-26-29-33-37-41-45-51(56)50(49-55)54-52(57)46-42-38-34-30-27-23-20-21-24-28-32-36-40-44-48-59-53(58)47-43-39-35-31-25-14-12-10-8-6-4-2/h10,12,41,45,50-51,55-56H,3-9,11,13-40,42-44,46-49H2,1-2H3,(H,54,57)/b12-10-,45-41+. The summed E-state index contributed by atoms with van der Waals surface area (Å²) < 4.78 is 5.44. The molecule has 0 radical (unpaired) electrons. The van der Waals surface area contributed by atoms with E-state index in [9.17, 15) is 19.8 Å². The predicted molar refractivity (Wildman–Crippen MR) is 255 cm³/mol. The normalized spacial score (nSPS) is 12.8. The molecule has 1 amide bonds. The number of aliphatic hydroxyl groups is 2. The van der Waals surface area contributed by atoms with Crippen LogP contribution in [0.5, 0.6) is 0 Å². The van der Waals surface area contributed by atoms with Crippen LogP contribution in [-0.4, -0.2) is 47.4 Å². The van der Waals surface area contributed by atoms with Crippen LogP contribution in [0, 0.1) is 0 Å². The van der Waals surface area contributed by atoms with E-state index in [4.69, 9.17) is 4.74 Å². The third-order valence-corrected chi connectivity index (χ3v) is 12.0. The first-order chi connectivity index (χ1) is 29.0. The van der Waals surface area contributed by atoms with Crippen molar-refractivity contribution in [2.45, 2.75) is 289 Å². The highest BCUT2D eigenvalue weighted by molar-refractivity contribution is 5.76. The zero-order valence-electron chi connectivity index (χ0n) is 39.5. The van der Waals surface area contributed by atoms with Crippen molar-refractivity contribution in [3.63, 3.8) is 0 Å². The van der Waals surface area contributed by atoms with Crippen LogP contribution in [0.1, 0.15) is 277 Å². The number of allylic oxidation sites excluding steroid dienone is 3. The number of rotatable bonds is 48. The molecule has 0 aliphatic rings. The van der Waals surface area contributed by atoms with E-state index in [0.717, 1.165) is 57.8 Å². The number of unbranched alkanes of at least 4 members (excludes halogenated alkanes) is 35. The molecule has 2 atom stereocenters. The van der Waals surface area contributed by atoms with Gasteiger partial charge in [-0.25, -0.2) is 0 Å². The molecule has 0 fully saturated rings. The van der Waals surface area contributed by atoms with E-state index in [2.05, 4.69) is 31.3 Å². The largest absolute Gasteiger partial charge is 0.466 e. The first kappa shape index (κ1) is 57.3. The summed E-state index contributed by atoms with van der Waals surface area (Å²) >= 11 is 0. The Morgan fingerprint density at radius 1 is 0.458 bits per heavy atom. The molecule has 0 rings (SSSR count). The van der Waals surface area contributed by atoms with Gasteiger partial charge in [0.2, 0.25) is 5.91 Å². The third-order valence-electron chi connectivity index (χ3n) is 12.0. The monoisotopic (exact) mass is 832 g/mol. The highest BCUT2D eigenvalue weighted by Crippen LogP contribution is 2.16. The fourth-order valence-corrected chi connectivity index (χ4v) is 7.91. The van der Waals surface area contributed by atoms with Crippen LogP contribution in [0.25, 0.3) is 0 Å². The minimum Gasteiger partial charge on any atom is -0.466 e. The van der Waals surface area contributed by atoms with Gasteiger partial charge in [-0.2, -0.15) is 0 Å². The van der Waals surface area contributed by atoms with E-state index < -0.39 is 12.1 Å². The van der Waals surface area contributed by atoms with Gasteiger partial charge >= 0.3 is 5.97 Å². The molecule has 3 N–H and O–H groups in total. The lowest BCUT2D eigenvalue weighted by Crippen LogP contribution is -2.45. The van der Waals surface area contributed by atoms with Gasteiger partial charge in [0.25, 0.3) is 0 Å². The number of ether oxygens (including phenoxy) is 1. The van der Waals surface area contributed by atoms with Crippen molar-refractivity contribution < 1.29 is 24.5 Å². The molecule has 0 aromatic rings. The molecule has 6 heteroatoms. The first-order valence-electron chi connectivity index (χ1n) is 26.1. The summed E-state index contributed by atoms with van der Waals surface area (Å²) in [7, 11) is 0. The van der Waals surface area contributed by atoms with E-state index in [1.807, 2.05) is 6.08 Å². The molecule has 0 aliphatic heterocycles. The Kier molecular flexibility index (Phi) is 47.6. The average molecular weight is 832 g/mol.